The Balaban J connectivity index is 1.44. The number of hydrogen-bond acceptors (Lipinski definition) is 4. The van der Waals surface area contributed by atoms with Crippen molar-refractivity contribution in [1.29, 1.82) is 0 Å². The van der Waals surface area contributed by atoms with E-state index in [1.807, 2.05) is 48.5 Å². The minimum Gasteiger partial charge on any atom is -0.481 e. The van der Waals surface area contributed by atoms with Gasteiger partial charge in [-0.05, 0) is 35.1 Å². The second kappa shape index (κ2) is 9.59. The summed E-state index contributed by atoms with van der Waals surface area (Å²) in [4.78, 5) is 36.1. The summed E-state index contributed by atoms with van der Waals surface area (Å²) in [7, 11) is 0. The molecule has 2 amide bonds. The Hall–Kier alpha value is -3.56. The summed E-state index contributed by atoms with van der Waals surface area (Å²) in [5.74, 6) is -3.09. The molecule has 10 heteroatoms. The van der Waals surface area contributed by atoms with Crippen molar-refractivity contribution in [3.63, 3.8) is 0 Å². The van der Waals surface area contributed by atoms with Crippen LogP contribution in [0.25, 0.3) is 11.1 Å². The number of rotatable bonds is 7. The molecule has 186 valence electrons. The highest BCUT2D eigenvalue weighted by Gasteiger charge is 2.49. The molecule has 1 atom stereocenters. The Morgan fingerprint density at radius 3 is 2.06 bits per heavy atom. The van der Waals surface area contributed by atoms with Gasteiger partial charge < -0.3 is 20.5 Å². The number of halogens is 3. The molecule has 2 aliphatic carbocycles. The van der Waals surface area contributed by atoms with Crippen LogP contribution in [0.4, 0.5) is 18.0 Å². The Labute approximate surface area is 199 Å². The van der Waals surface area contributed by atoms with Crippen LogP contribution in [0.5, 0.6) is 0 Å². The normalized spacial score (nSPS) is 17.2. The maximum atomic E-state index is 13.7. The number of carboxylic acid groups (broad SMARTS) is 1. The maximum Gasteiger partial charge on any atom is 0.417 e. The van der Waals surface area contributed by atoms with Gasteiger partial charge in [0, 0.05) is 5.92 Å². The molecular formula is C25H25F3N2O5. The van der Waals surface area contributed by atoms with E-state index in [9.17, 15) is 27.6 Å². The molecule has 0 spiro atoms. The second-order valence-corrected chi connectivity index (χ2v) is 8.99. The summed E-state index contributed by atoms with van der Waals surface area (Å²) >= 11 is 0. The Kier molecular flexibility index (Phi) is 6.73. The molecule has 2 aromatic rings. The first kappa shape index (κ1) is 24.6. The zero-order valence-corrected chi connectivity index (χ0v) is 18.7. The molecule has 0 radical (unpaired) electrons. The van der Waals surface area contributed by atoms with Gasteiger partial charge in [0.15, 0.2) is 0 Å². The van der Waals surface area contributed by atoms with E-state index >= 15 is 0 Å². The number of hydrogen-bond donors (Lipinski definition) is 3. The van der Waals surface area contributed by atoms with Crippen LogP contribution < -0.4 is 10.6 Å². The molecule has 7 nitrogen and oxygen atoms in total. The van der Waals surface area contributed by atoms with E-state index in [0.29, 0.717) is 12.8 Å². The van der Waals surface area contributed by atoms with Crippen LogP contribution in [-0.4, -0.2) is 47.4 Å². The first-order valence-corrected chi connectivity index (χ1v) is 11.3. The molecule has 0 saturated heterocycles. The lowest BCUT2D eigenvalue weighted by atomic mass is 9.92. The zero-order chi connectivity index (χ0) is 25.2. The van der Waals surface area contributed by atoms with Crippen molar-refractivity contribution in [2.75, 3.05) is 6.61 Å². The number of alkyl halides is 3. The van der Waals surface area contributed by atoms with Crippen molar-refractivity contribution in [3.8, 4) is 11.1 Å². The van der Waals surface area contributed by atoms with Gasteiger partial charge >= 0.3 is 18.2 Å². The van der Waals surface area contributed by atoms with Gasteiger partial charge in [0.05, 0.1) is 12.0 Å². The number of ether oxygens (including phenoxy) is 1. The maximum absolute atomic E-state index is 13.7. The number of fused-ring (bicyclic) bond motifs is 3. The van der Waals surface area contributed by atoms with E-state index in [-0.39, 0.29) is 25.4 Å². The number of aliphatic carboxylic acids is 1. The molecule has 0 aliphatic heterocycles. The molecule has 0 heterocycles. The average molecular weight is 490 g/mol. The summed E-state index contributed by atoms with van der Waals surface area (Å²) in [5, 5.41) is 13.0. The summed E-state index contributed by atoms with van der Waals surface area (Å²) < 4.78 is 46.2. The van der Waals surface area contributed by atoms with E-state index in [1.165, 1.54) is 0 Å². The highest BCUT2D eigenvalue weighted by atomic mass is 19.4. The third-order valence-electron chi connectivity index (χ3n) is 6.63. The van der Waals surface area contributed by atoms with Crippen LogP contribution in [0.1, 0.15) is 49.1 Å². The van der Waals surface area contributed by atoms with Gasteiger partial charge in [-0.2, -0.15) is 13.2 Å². The van der Waals surface area contributed by atoms with Crippen molar-refractivity contribution < 1.29 is 37.4 Å². The molecule has 3 N–H and O–H groups in total. The number of benzene rings is 2. The summed E-state index contributed by atoms with van der Waals surface area (Å²) in [6.07, 6.45) is -5.30. The molecule has 1 unspecified atom stereocenters. The van der Waals surface area contributed by atoms with Crippen LogP contribution in [0.3, 0.4) is 0 Å². The van der Waals surface area contributed by atoms with Crippen LogP contribution >= 0.6 is 0 Å². The fourth-order valence-corrected chi connectivity index (χ4v) is 5.07. The number of carboxylic acids is 1. The van der Waals surface area contributed by atoms with Crippen molar-refractivity contribution in [3.05, 3.63) is 59.7 Å². The first-order chi connectivity index (χ1) is 16.6. The van der Waals surface area contributed by atoms with Crippen molar-refractivity contribution in [2.45, 2.75) is 55.8 Å². The van der Waals surface area contributed by atoms with Gasteiger partial charge in [-0.15, -0.1) is 0 Å². The molecule has 35 heavy (non-hydrogen) atoms. The molecular weight excluding hydrogens is 465 g/mol. The van der Waals surface area contributed by atoms with Crippen LogP contribution in [0.15, 0.2) is 48.5 Å². The third kappa shape index (κ3) is 5.26. The summed E-state index contributed by atoms with van der Waals surface area (Å²) in [6.45, 7) is -0.213. The number of nitrogens with one attached hydrogen (secondary N) is 2. The average Bonchev–Trinajstić information content (AvgIpc) is 3.37. The topological polar surface area (TPSA) is 105 Å². The fraction of sp³-hybridized carbons (Fsp3) is 0.400. The standard InChI is InChI=1S/C25H25F3N2O5/c26-25(27,28)21(22(33)30-24(13-20(31)32)11-5-6-12-24)29-23(34)35-14-19-17-9-3-1-7-15(17)16-8-2-4-10-18(16)19/h1-4,7-10,19,21H,5-6,11-14H2,(H,29,34)(H,30,33)(H,31,32). The predicted octanol–water partition coefficient (Wildman–Crippen LogP) is 4.36. The smallest absolute Gasteiger partial charge is 0.417 e. The van der Waals surface area contributed by atoms with Crippen LogP contribution in [-0.2, 0) is 14.3 Å². The first-order valence-electron chi connectivity index (χ1n) is 11.3. The highest BCUT2D eigenvalue weighted by molar-refractivity contribution is 5.87. The van der Waals surface area contributed by atoms with Crippen molar-refractivity contribution in [2.24, 2.45) is 0 Å². The van der Waals surface area contributed by atoms with E-state index in [1.54, 1.807) is 5.32 Å². The van der Waals surface area contributed by atoms with E-state index in [0.717, 1.165) is 22.3 Å². The van der Waals surface area contributed by atoms with Crippen LogP contribution in [0.2, 0.25) is 0 Å². The molecule has 2 aromatic carbocycles. The van der Waals surface area contributed by atoms with Crippen molar-refractivity contribution in [1.82, 2.24) is 10.6 Å². The lowest BCUT2D eigenvalue weighted by molar-refractivity contribution is -0.168. The van der Waals surface area contributed by atoms with E-state index in [2.05, 4.69) is 5.32 Å². The van der Waals surface area contributed by atoms with E-state index in [4.69, 9.17) is 9.84 Å². The second-order valence-electron chi connectivity index (χ2n) is 8.99. The zero-order valence-electron chi connectivity index (χ0n) is 18.7. The van der Waals surface area contributed by atoms with Gasteiger partial charge in [0.25, 0.3) is 5.91 Å². The minimum atomic E-state index is -5.10. The van der Waals surface area contributed by atoms with Gasteiger partial charge in [0.1, 0.15) is 6.61 Å². The number of alkyl carbamates (subject to hydrolysis) is 1. The molecule has 1 fully saturated rings. The Morgan fingerprint density at radius 1 is 1.00 bits per heavy atom. The van der Waals surface area contributed by atoms with E-state index < -0.39 is 42.1 Å². The van der Waals surface area contributed by atoms with Gasteiger partial charge in [0.2, 0.25) is 6.04 Å². The Morgan fingerprint density at radius 2 is 1.54 bits per heavy atom. The SMILES string of the molecule is O=C(O)CC1(NC(=O)C(NC(=O)OCC2c3ccccc3-c3ccccc32)C(F)(F)F)CCCC1. The molecule has 0 bridgehead atoms. The quantitative estimate of drug-likeness (QED) is 0.535. The lowest BCUT2D eigenvalue weighted by Gasteiger charge is -2.31. The largest absolute Gasteiger partial charge is 0.481 e. The number of amides is 2. The van der Waals surface area contributed by atoms with Crippen molar-refractivity contribution >= 4 is 18.0 Å². The molecule has 2 aliphatic rings. The summed E-state index contributed by atoms with van der Waals surface area (Å²) in [5.41, 5.74) is 2.44. The van der Waals surface area contributed by atoms with Gasteiger partial charge in [-0.3, -0.25) is 9.59 Å². The number of carbonyl (C=O) groups excluding carboxylic acids is 2. The lowest BCUT2D eigenvalue weighted by Crippen LogP contribution is -2.60. The fourth-order valence-electron chi connectivity index (χ4n) is 5.07. The highest BCUT2D eigenvalue weighted by Crippen LogP contribution is 2.44. The minimum absolute atomic E-state index is 0.213. The van der Waals surface area contributed by atoms with Crippen LogP contribution in [0, 0.1) is 0 Å². The van der Waals surface area contributed by atoms with Gasteiger partial charge in [-0.25, -0.2) is 4.79 Å². The molecule has 0 aromatic heterocycles. The summed E-state index contributed by atoms with van der Waals surface area (Å²) in [6, 6.07) is 12.1. The van der Waals surface area contributed by atoms with Gasteiger partial charge in [-0.1, -0.05) is 61.4 Å². The third-order valence-corrected chi connectivity index (χ3v) is 6.63. The predicted molar refractivity (Wildman–Crippen MR) is 120 cm³/mol. The Bertz CT molecular complexity index is 1080. The molecule has 1 saturated carbocycles. The molecule has 4 rings (SSSR count). The monoisotopic (exact) mass is 490 g/mol. The number of carbonyl (C=O) groups is 3.